The Morgan fingerprint density at radius 3 is 2.50 bits per heavy atom. The van der Waals surface area contributed by atoms with Gasteiger partial charge in [0.05, 0.1) is 12.1 Å². The molecule has 0 bridgehead atoms. The lowest BCUT2D eigenvalue weighted by Gasteiger charge is -2.36. The zero-order valence-corrected chi connectivity index (χ0v) is 18.9. The van der Waals surface area contributed by atoms with Gasteiger partial charge in [0, 0.05) is 24.2 Å². The van der Waals surface area contributed by atoms with Crippen molar-refractivity contribution in [1.82, 2.24) is 30.1 Å². The molecule has 1 aromatic carbocycles. The maximum atomic E-state index is 13.4. The largest absolute Gasteiger partial charge is 0.393 e. The van der Waals surface area contributed by atoms with E-state index < -0.39 is 0 Å². The Bertz CT molecular complexity index is 1150. The van der Waals surface area contributed by atoms with Crippen LogP contribution in [0.5, 0.6) is 0 Å². The number of tetrazole rings is 1. The number of benzene rings is 1. The van der Waals surface area contributed by atoms with E-state index in [1.807, 2.05) is 16.8 Å². The van der Waals surface area contributed by atoms with E-state index in [0.29, 0.717) is 31.5 Å². The van der Waals surface area contributed by atoms with Crippen molar-refractivity contribution in [2.45, 2.75) is 77.0 Å². The Morgan fingerprint density at radius 2 is 1.75 bits per heavy atom. The summed E-state index contributed by atoms with van der Waals surface area (Å²) >= 11 is 0. The Kier molecular flexibility index (Phi) is 5.82. The third-order valence-corrected chi connectivity index (χ3v) is 7.33. The number of aromatic nitrogens is 5. The lowest BCUT2D eigenvalue weighted by Crippen LogP contribution is -2.42. The predicted octanol–water partition coefficient (Wildman–Crippen LogP) is 3.18. The number of likely N-dealkylation sites (tertiary alicyclic amines) is 1. The van der Waals surface area contributed by atoms with Gasteiger partial charge in [0.25, 0.3) is 5.56 Å². The first kappa shape index (κ1) is 21.3. The molecule has 8 nitrogen and oxygen atoms in total. The summed E-state index contributed by atoms with van der Waals surface area (Å²) in [6.45, 7) is 5.55. The van der Waals surface area contributed by atoms with Crippen molar-refractivity contribution in [3.05, 3.63) is 51.1 Å². The highest BCUT2D eigenvalue weighted by atomic mass is 16.3. The molecule has 0 amide bonds. The van der Waals surface area contributed by atoms with E-state index in [-0.39, 0.29) is 23.7 Å². The minimum Gasteiger partial charge on any atom is -0.393 e. The molecule has 5 rings (SSSR count). The number of nitrogens with one attached hydrogen (secondary N) is 1. The number of aromatic amines is 1. The molecule has 3 aromatic rings. The Hall–Kier alpha value is -2.58. The average molecular weight is 437 g/mol. The molecule has 3 heterocycles. The number of hydrogen-bond acceptors (Lipinski definition) is 6. The fourth-order valence-electron chi connectivity index (χ4n) is 5.31. The first-order valence-electron chi connectivity index (χ1n) is 11.9. The Labute approximate surface area is 187 Å². The number of aryl methyl sites for hydroxylation is 2. The van der Waals surface area contributed by atoms with Gasteiger partial charge in [-0.1, -0.05) is 19.3 Å². The highest BCUT2D eigenvalue weighted by Crippen LogP contribution is 2.34. The van der Waals surface area contributed by atoms with E-state index >= 15 is 0 Å². The van der Waals surface area contributed by atoms with Gasteiger partial charge in [0.1, 0.15) is 6.04 Å². The van der Waals surface area contributed by atoms with Gasteiger partial charge in [-0.15, -0.1) is 5.10 Å². The molecule has 2 aromatic heterocycles. The molecule has 170 valence electrons. The van der Waals surface area contributed by atoms with Crippen LogP contribution >= 0.6 is 0 Å². The number of aliphatic hydroxyl groups is 1. The third-order valence-electron chi connectivity index (χ3n) is 7.33. The second kappa shape index (κ2) is 8.75. The lowest BCUT2D eigenvalue weighted by molar-refractivity contribution is 0.0651. The van der Waals surface area contributed by atoms with Gasteiger partial charge < -0.3 is 10.1 Å². The first-order chi connectivity index (χ1) is 15.5. The molecule has 2 N–H and O–H groups in total. The van der Waals surface area contributed by atoms with Crippen LogP contribution in [0.1, 0.15) is 79.5 Å². The molecular formula is C24H32N6O2. The van der Waals surface area contributed by atoms with E-state index in [0.717, 1.165) is 35.1 Å². The smallest absolute Gasteiger partial charge is 0.253 e. The van der Waals surface area contributed by atoms with E-state index in [1.165, 1.54) is 24.8 Å². The second-order valence-corrected chi connectivity index (χ2v) is 9.52. The molecule has 0 spiro atoms. The molecular weight excluding hydrogens is 404 g/mol. The summed E-state index contributed by atoms with van der Waals surface area (Å²) in [6.07, 6.45) is 6.83. The Balaban J connectivity index is 1.63. The number of hydrogen-bond donors (Lipinski definition) is 2. The quantitative estimate of drug-likeness (QED) is 0.652. The third kappa shape index (κ3) is 3.97. The zero-order valence-electron chi connectivity index (χ0n) is 18.9. The molecule has 1 aliphatic carbocycles. The summed E-state index contributed by atoms with van der Waals surface area (Å²) in [4.78, 5) is 18.7. The number of piperidine rings is 1. The molecule has 32 heavy (non-hydrogen) atoms. The van der Waals surface area contributed by atoms with Crippen LogP contribution in [-0.4, -0.2) is 54.4 Å². The number of aliphatic hydroxyl groups excluding tert-OH is 1. The molecule has 1 saturated carbocycles. The summed E-state index contributed by atoms with van der Waals surface area (Å²) in [5, 5.41) is 24.0. The fourth-order valence-corrected chi connectivity index (χ4v) is 5.31. The van der Waals surface area contributed by atoms with Crippen molar-refractivity contribution in [1.29, 1.82) is 0 Å². The number of pyridine rings is 1. The van der Waals surface area contributed by atoms with Crippen LogP contribution in [-0.2, 0) is 0 Å². The van der Waals surface area contributed by atoms with Crippen molar-refractivity contribution in [2.75, 3.05) is 13.1 Å². The summed E-state index contributed by atoms with van der Waals surface area (Å²) in [5.74, 6) is 0.738. The summed E-state index contributed by atoms with van der Waals surface area (Å²) in [7, 11) is 0. The molecule has 0 radical (unpaired) electrons. The van der Waals surface area contributed by atoms with Gasteiger partial charge in [0.2, 0.25) is 0 Å². The van der Waals surface area contributed by atoms with Crippen molar-refractivity contribution in [3.63, 3.8) is 0 Å². The molecule has 8 heteroatoms. The van der Waals surface area contributed by atoms with Crippen LogP contribution in [0.15, 0.2) is 23.0 Å². The van der Waals surface area contributed by atoms with Crippen LogP contribution in [0.3, 0.4) is 0 Å². The van der Waals surface area contributed by atoms with Crippen molar-refractivity contribution < 1.29 is 5.11 Å². The van der Waals surface area contributed by atoms with E-state index in [2.05, 4.69) is 45.3 Å². The maximum Gasteiger partial charge on any atom is 0.253 e. The van der Waals surface area contributed by atoms with Gasteiger partial charge in [-0.2, -0.15) is 0 Å². The summed E-state index contributed by atoms with van der Waals surface area (Å²) in [6, 6.07) is 6.11. The maximum absolute atomic E-state index is 13.4. The number of H-pyrrole nitrogens is 1. The molecule has 0 unspecified atom stereocenters. The zero-order chi connectivity index (χ0) is 22.2. The second-order valence-electron chi connectivity index (χ2n) is 9.52. The van der Waals surface area contributed by atoms with Gasteiger partial charge >= 0.3 is 0 Å². The van der Waals surface area contributed by atoms with E-state index in [9.17, 15) is 9.90 Å². The Morgan fingerprint density at radius 1 is 1.03 bits per heavy atom. The van der Waals surface area contributed by atoms with Gasteiger partial charge in [-0.3, -0.25) is 9.69 Å². The van der Waals surface area contributed by atoms with Crippen LogP contribution < -0.4 is 5.56 Å². The predicted molar refractivity (Wildman–Crippen MR) is 123 cm³/mol. The molecule has 2 aliphatic rings. The highest BCUT2D eigenvalue weighted by molar-refractivity contribution is 5.81. The standard InChI is InChI=1S/C24H32N6O2/c1-15-12-17-14-20(24(32)25-21(17)13-16(15)2)22(29-10-8-19(31)9-11-29)23-26-27-28-30(23)18-6-4-3-5-7-18/h12-14,18-19,22,31H,3-11H2,1-2H3,(H,25,32)/t22-/m1/s1. The lowest BCUT2D eigenvalue weighted by atomic mass is 9.94. The van der Waals surface area contributed by atoms with Gasteiger partial charge in [-0.05, 0) is 84.7 Å². The SMILES string of the molecule is Cc1cc2cc([C@H](c3nnnn3C3CCCCC3)N3CCC(O)CC3)c(=O)[nH]c2cc1C. The minimum atomic E-state index is -0.339. The minimum absolute atomic E-state index is 0.102. The topological polar surface area (TPSA) is 99.9 Å². The molecule has 1 atom stereocenters. The molecule has 2 fully saturated rings. The monoisotopic (exact) mass is 436 g/mol. The average Bonchev–Trinajstić information content (AvgIpc) is 3.27. The van der Waals surface area contributed by atoms with Gasteiger partial charge in [-0.25, -0.2) is 4.68 Å². The molecule has 1 saturated heterocycles. The highest BCUT2D eigenvalue weighted by Gasteiger charge is 2.34. The number of fused-ring (bicyclic) bond motifs is 1. The summed E-state index contributed by atoms with van der Waals surface area (Å²) in [5.41, 5.74) is 3.77. The van der Waals surface area contributed by atoms with Crippen molar-refractivity contribution >= 4 is 10.9 Å². The van der Waals surface area contributed by atoms with Crippen LogP contribution in [0, 0.1) is 13.8 Å². The fraction of sp³-hybridized carbons (Fsp3) is 0.583. The normalized spacial score (nSPS) is 20.1. The van der Waals surface area contributed by atoms with E-state index in [1.54, 1.807) is 0 Å². The molecule has 1 aliphatic heterocycles. The number of nitrogens with zero attached hydrogens (tertiary/aromatic N) is 5. The van der Waals surface area contributed by atoms with Crippen LogP contribution in [0.2, 0.25) is 0 Å². The summed E-state index contributed by atoms with van der Waals surface area (Å²) < 4.78 is 1.97. The van der Waals surface area contributed by atoms with Crippen LogP contribution in [0.4, 0.5) is 0 Å². The van der Waals surface area contributed by atoms with E-state index in [4.69, 9.17) is 0 Å². The van der Waals surface area contributed by atoms with Gasteiger partial charge in [0.15, 0.2) is 5.82 Å². The first-order valence-corrected chi connectivity index (χ1v) is 11.9. The van der Waals surface area contributed by atoms with Crippen molar-refractivity contribution in [2.24, 2.45) is 0 Å². The van der Waals surface area contributed by atoms with Crippen LogP contribution in [0.25, 0.3) is 10.9 Å². The number of rotatable bonds is 4. The van der Waals surface area contributed by atoms with Crippen molar-refractivity contribution in [3.8, 4) is 0 Å².